The zero-order valence-corrected chi connectivity index (χ0v) is 19.7. The molecule has 0 saturated heterocycles. The minimum atomic E-state index is -4.11. The van der Waals surface area contributed by atoms with Crippen LogP contribution < -0.4 is 9.04 Å². The summed E-state index contributed by atoms with van der Waals surface area (Å²) in [5.74, 6) is -0.984. The molecule has 3 aromatic carbocycles. The van der Waals surface area contributed by atoms with Gasteiger partial charge in [0, 0.05) is 19.4 Å². The highest BCUT2D eigenvalue weighted by molar-refractivity contribution is 7.93. The highest BCUT2D eigenvalue weighted by Crippen LogP contribution is 2.25. The van der Waals surface area contributed by atoms with Crippen LogP contribution in [0.25, 0.3) is 6.08 Å². The smallest absolute Gasteiger partial charge is 0.308 e. The molecule has 3 aromatic rings. The van der Waals surface area contributed by atoms with Crippen molar-refractivity contribution in [1.82, 2.24) is 0 Å². The number of rotatable bonds is 7. The van der Waals surface area contributed by atoms with E-state index < -0.39 is 21.9 Å². The van der Waals surface area contributed by atoms with Gasteiger partial charge in [-0.1, -0.05) is 35.9 Å². The van der Waals surface area contributed by atoms with E-state index in [0.717, 1.165) is 11.1 Å². The normalized spacial score (nSPS) is 11.3. The second-order valence-electron chi connectivity index (χ2n) is 7.51. The maximum Gasteiger partial charge on any atom is 0.308 e. The molecular formula is C26H23NO6S. The summed E-state index contributed by atoms with van der Waals surface area (Å²) < 4.78 is 31.8. The minimum Gasteiger partial charge on any atom is -0.427 e. The first-order valence-corrected chi connectivity index (χ1v) is 11.8. The van der Waals surface area contributed by atoms with Gasteiger partial charge in [-0.25, -0.2) is 12.7 Å². The molecule has 0 radical (unpaired) electrons. The third-order valence-electron chi connectivity index (χ3n) is 4.80. The molecule has 174 valence electrons. The van der Waals surface area contributed by atoms with Crippen molar-refractivity contribution in [2.75, 3.05) is 4.31 Å². The molecule has 7 nitrogen and oxygen atoms in total. The second-order valence-corrected chi connectivity index (χ2v) is 9.30. The Bertz CT molecular complexity index is 1340. The Morgan fingerprint density at radius 3 is 1.94 bits per heavy atom. The number of aryl methyl sites for hydroxylation is 1. The monoisotopic (exact) mass is 477 g/mol. The van der Waals surface area contributed by atoms with Crippen LogP contribution in [0.5, 0.6) is 5.75 Å². The van der Waals surface area contributed by atoms with Crippen LogP contribution in [0.2, 0.25) is 0 Å². The van der Waals surface area contributed by atoms with Gasteiger partial charge >= 0.3 is 5.97 Å². The fourth-order valence-corrected chi connectivity index (χ4v) is 4.58. The molecular weight excluding hydrogens is 454 g/mol. The molecule has 8 heteroatoms. The molecule has 0 aliphatic carbocycles. The number of anilines is 1. The third-order valence-corrected chi connectivity index (χ3v) is 6.62. The molecule has 0 unspecified atom stereocenters. The number of amides is 1. The van der Waals surface area contributed by atoms with Crippen molar-refractivity contribution < 1.29 is 27.5 Å². The van der Waals surface area contributed by atoms with E-state index in [4.69, 9.17) is 4.74 Å². The van der Waals surface area contributed by atoms with E-state index in [1.54, 1.807) is 42.5 Å². The molecule has 0 atom stereocenters. The van der Waals surface area contributed by atoms with Crippen LogP contribution in [0.4, 0.5) is 5.69 Å². The van der Waals surface area contributed by atoms with Crippen LogP contribution in [0.15, 0.2) is 83.8 Å². The van der Waals surface area contributed by atoms with Crippen molar-refractivity contribution >= 4 is 39.4 Å². The van der Waals surface area contributed by atoms with Gasteiger partial charge in [-0.3, -0.25) is 14.4 Å². The summed E-state index contributed by atoms with van der Waals surface area (Å²) in [5, 5.41) is 0. The molecule has 0 saturated carbocycles. The lowest BCUT2D eigenvalue weighted by atomic mass is 10.1. The first-order chi connectivity index (χ1) is 16.1. The van der Waals surface area contributed by atoms with Crippen molar-refractivity contribution in [2.24, 2.45) is 0 Å². The summed E-state index contributed by atoms with van der Waals surface area (Å²) >= 11 is 0. The summed E-state index contributed by atoms with van der Waals surface area (Å²) in [6.45, 7) is 4.31. The van der Waals surface area contributed by atoms with Gasteiger partial charge in [0.1, 0.15) is 5.75 Å². The Morgan fingerprint density at radius 1 is 0.824 bits per heavy atom. The molecule has 0 aromatic heterocycles. The molecule has 0 bridgehead atoms. The highest BCUT2D eigenvalue weighted by atomic mass is 32.2. The predicted molar refractivity (Wildman–Crippen MR) is 129 cm³/mol. The molecule has 0 aliphatic rings. The average molecular weight is 478 g/mol. The summed E-state index contributed by atoms with van der Waals surface area (Å²) in [6.07, 6.45) is 2.99. The van der Waals surface area contributed by atoms with Crippen LogP contribution in [-0.2, 0) is 19.6 Å². The number of carbonyl (C=O) groups is 3. The maximum absolute atomic E-state index is 13.0. The van der Waals surface area contributed by atoms with Gasteiger partial charge in [-0.15, -0.1) is 0 Å². The van der Waals surface area contributed by atoms with Crippen LogP contribution in [0.3, 0.4) is 0 Å². The number of allylic oxidation sites excluding steroid dienone is 1. The van der Waals surface area contributed by atoms with E-state index in [1.807, 2.05) is 6.92 Å². The van der Waals surface area contributed by atoms with Crippen molar-refractivity contribution in [3.8, 4) is 5.75 Å². The fraction of sp³-hybridized carbons (Fsp3) is 0.115. The van der Waals surface area contributed by atoms with Gasteiger partial charge in [-0.05, 0) is 67.1 Å². The molecule has 0 N–H and O–H groups in total. The summed E-state index contributed by atoms with van der Waals surface area (Å²) in [5.41, 5.74) is 2.08. The van der Waals surface area contributed by atoms with Crippen LogP contribution >= 0.6 is 0 Å². The van der Waals surface area contributed by atoms with Crippen molar-refractivity contribution in [2.45, 2.75) is 25.7 Å². The topological polar surface area (TPSA) is 97.8 Å². The Labute approximate surface area is 198 Å². The summed E-state index contributed by atoms with van der Waals surface area (Å²) in [4.78, 5) is 35.7. The van der Waals surface area contributed by atoms with Gasteiger partial charge in [0.25, 0.3) is 10.0 Å². The van der Waals surface area contributed by atoms with E-state index in [2.05, 4.69) is 0 Å². The van der Waals surface area contributed by atoms with Crippen LogP contribution in [0, 0.1) is 6.92 Å². The van der Waals surface area contributed by atoms with Crippen LogP contribution in [0.1, 0.15) is 35.3 Å². The largest absolute Gasteiger partial charge is 0.427 e. The second kappa shape index (κ2) is 10.3. The van der Waals surface area contributed by atoms with Gasteiger partial charge < -0.3 is 4.74 Å². The quantitative estimate of drug-likeness (QED) is 0.214. The standard InChI is InChI=1S/C26H23NO6S/c1-18-4-15-25(16-5-18)34(31,32)27(19(2)28)23-11-9-22(10-12-23)26(30)17-8-21-6-13-24(14-7-21)33-20(3)29/h4-17H,1-3H3/b17-8+. The molecule has 1 amide bonds. The van der Waals surface area contributed by atoms with E-state index >= 15 is 0 Å². The lowest BCUT2D eigenvalue weighted by Crippen LogP contribution is -2.35. The predicted octanol–water partition coefficient (Wildman–Crippen LogP) is 4.56. The number of hydrogen-bond acceptors (Lipinski definition) is 6. The van der Waals surface area contributed by atoms with Crippen molar-refractivity contribution in [1.29, 1.82) is 0 Å². The van der Waals surface area contributed by atoms with Gasteiger partial charge in [0.2, 0.25) is 5.91 Å². The van der Waals surface area contributed by atoms with Crippen molar-refractivity contribution in [3.05, 3.63) is 95.6 Å². The van der Waals surface area contributed by atoms with Gasteiger partial charge in [-0.2, -0.15) is 0 Å². The average Bonchev–Trinajstić information content (AvgIpc) is 2.78. The number of nitrogens with zero attached hydrogens (tertiary/aromatic N) is 1. The zero-order valence-electron chi connectivity index (χ0n) is 18.9. The molecule has 0 heterocycles. The Balaban J connectivity index is 1.79. The number of sulfonamides is 1. The number of esters is 1. The fourth-order valence-electron chi connectivity index (χ4n) is 3.15. The molecule has 0 aliphatic heterocycles. The number of ketones is 1. The molecule has 0 fully saturated rings. The lowest BCUT2D eigenvalue weighted by molar-refractivity contribution is -0.131. The first kappa shape index (κ1) is 24.6. The third kappa shape index (κ3) is 5.85. The van der Waals surface area contributed by atoms with E-state index in [-0.39, 0.29) is 16.4 Å². The molecule has 0 spiro atoms. The SMILES string of the molecule is CC(=O)Oc1ccc(/C=C/C(=O)c2ccc(N(C(C)=O)S(=O)(=O)c3ccc(C)cc3)cc2)cc1. The number of ether oxygens (including phenoxy) is 1. The highest BCUT2D eigenvalue weighted by Gasteiger charge is 2.28. The number of benzene rings is 3. The summed E-state index contributed by atoms with van der Waals surface area (Å²) in [6, 6.07) is 18.6. The zero-order chi connectivity index (χ0) is 24.9. The van der Waals surface area contributed by atoms with Crippen molar-refractivity contribution in [3.63, 3.8) is 0 Å². The summed E-state index contributed by atoms with van der Waals surface area (Å²) in [7, 11) is -4.11. The number of carbonyl (C=O) groups excluding carboxylic acids is 3. The number of hydrogen-bond donors (Lipinski definition) is 0. The minimum absolute atomic E-state index is 0.00360. The van der Waals surface area contributed by atoms with E-state index in [9.17, 15) is 22.8 Å². The van der Waals surface area contributed by atoms with Gasteiger partial charge in [0.15, 0.2) is 5.78 Å². The molecule has 3 rings (SSSR count). The Kier molecular flexibility index (Phi) is 7.43. The lowest BCUT2D eigenvalue weighted by Gasteiger charge is -2.21. The van der Waals surface area contributed by atoms with Gasteiger partial charge in [0.05, 0.1) is 10.6 Å². The first-order valence-electron chi connectivity index (χ1n) is 10.3. The van der Waals surface area contributed by atoms with E-state index in [1.165, 1.54) is 56.3 Å². The Morgan fingerprint density at radius 2 is 1.41 bits per heavy atom. The van der Waals surface area contributed by atoms with Crippen LogP contribution in [-0.4, -0.2) is 26.1 Å². The maximum atomic E-state index is 13.0. The molecule has 34 heavy (non-hydrogen) atoms. The Hall–Kier alpha value is -4.04. The van der Waals surface area contributed by atoms with E-state index in [0.29, 0.717) is 15.6 Å².